The highest BCUT2D eigenvalue weighted by Crippen LogP contribution is 2.30. The average molecular weight is 601 g/mol. The Kier molecular flexibility index (Phi) is 13.3. The van der Waals surface area contributed by atoms with Crippen LogP contribution in [0.15, 0.2) is 42.5 Å². The van der Waals surface area contributed by atoms with E-state index in [0.29, 0.717) is 22.7 Å². The number of nitrogens with two attached hydrogens (primary N) is 1. The zero-order valence-corrected chi connectivity index (χ0v) is 26.3. The number of para-hydroxylation sites is 1. The second-order valence-electron chi connectivity index (χ2n) is 11.4. The Morgan fingerprint density at radius 2 is 1.67 bits per heavy atom. The van der Waals surface area contributed by atoms with E-state index in [4.69, 9.17) is 22.1 Å². The summed E-state index contributed by atoms with van der Waals surface area (Å²) in [5, 5.41) is 5.80. The summed E-state index contributed by atoms with van der Waals surface area (Å²) in [6.45, 7) is 11.2. The number of hydrogen-bond donors (Lipinski definition) is 3. The number of hydrogen-bond acceptors (Lipinski definition) is 5. The molecule has 0 aliphatic rings. The molecule has 2 aromatic carbocycles. The van der Waals surface area contributed by atoms with Crippen LogP contribution in [0.2, 0.25) is 5.02 Å². The molecule has 0 spiro atoms. The van der Waals surface area contributed by atoms with Gasteiger partial charge in [0.2, 0.25) is 11.8 Å². The van der Waals surface area contributed by atoms with E-state index in [0.717, 1.165) is 36.8 Å². The number of benzene rings is 2. The number of aryl methyl sites for hydroxylation is 2. The molecule has 0 aliphatic carbocycles. The summed E-state index contributed by atoms with van der Waals surface area (Å²) in [4.78, 5) is 54.4. The maximum absolute atomic E-state index is 14.2. The lowest BCUT2D eigenvalue weighted by atomic mass is 9.99. The lowest BCUT2D eigenvalue weighted by molar-refractivity contribution is -0.142. The Bertz CT molecular complexity index is 1210. The first-order chi connectivity index (χ1) is 19.8. The van der Waals surface area contributed by atoms with Crippen LogP contribution in [0.25, 0.3) is 0 Å². The monoisotopic (exact) mass is 600 g/mol. The van der Waals surface area contributed by atoms with Gasteiger partial charge in [0.1, 0.15) is 17.7 Å². The van der Waals surface area contributed by atoms with Gasteiger partial charge in [0.05, 0.1) is 17.1 Å². The number of rotatable bonds is 14. The van der Waals surface area contributed by atoms with Gasteiger partial charge in [0.15, 0.2) is 0 Å². The molecule has 42 heavy (non-hydrogen) atoms. The number of anilines is 1. The van der Waals surface area contributed by atoms with Crippen molar-refractivity contribution >= 4 is 41.1 Å². The molecule has 4 N–H and O–H groups in total. The van der Waals surface area contributed by atoms with E-state index in [2.05, 4.69) is 17.6 Å². The van der Waals surface area contributed by atoms with Crippen LogP contribution >= 0.6 is 11.6 Å². The van der Waals surface area contributed by atoms with Gasteiger partial charge in [0.25, 0.3) is 5.91 Å². The molecule has 0 aliphatic heterocycles. The Labute approximate surface area is 254 Å². The topological polar surface area (TPSA) is 131 Å². The molecule has 230 valence electrons. The van der Waals surface area contributed by atoms with E-state index in [-0.39, 0.29) is 6.54 Å². The molecule has 10 heteroatoms. The number of primary amides is 1. The largest absolute Gasteiger partial charge is 0.444 e. The van der Waals surface area contributed by atoms with Gasteiger partial charge in [0, 0.05) is 6.54 Å². The summed E-state index contributed by atoms with van der Waals surface area (Å²) in [6, 6.07) is 10.3. The summed E-state index contributed by atoms with van der Waals surface area (Å²) in [5.74, 6) is -1.88. The van der Waals surface area contributed by atoms with Crippen molar-refractivity contribution < 1.29 is 23.9 Å². The molecule has 0 bridgehead atoms. The Morgan fingerprint density at radius 1 is 1.00 bits per heavy atom. The van der Waals surface area contributed by atoms with Crippen LogP contribution in [0.3, 0.4) is 0 Å². The minimum absolute atomic E-state index is 0.208. The van der Waals surface area contributed by atoms with Gasteiger partial charge in [-0.1, -0.05) is 81.1 Å². The molecule has 2 atom stereocenters. The summed E-state index contributed by atoms with van der Waals surface area (Å²) >= 11 is 6.43. The number of carbonyl (C=O) groups excluding carboxylic acids is 4. The fraction of sp³-hybridized carbons (Fsp3) is 0.500. The highest BCUT2D eigenvalue weighted by molar-refractivity contribution is 6.34. The van der Waals surface area contributed by atoms with E-state index in [9.17, 15) is 19.2 Å². The molecule has 2 aromatic rings. The van der Waals surface area contributed by atoms with Crippen molar-refractivity contribution in [2.45, 2.75) is 97.8 Å². The maximum Gasteiger partial charge on any atom is 0.408 e. The van der Waals surface area contributed by atoms with Gasteiger partial charge in [-0.3, -0.25) is 14.4 Å². The van der Waals surface area contributed by atoms with Gasteiger partial charge in [-0.05, 0) is 63.3 Å². The molecule has 9 nitrogen and oxygen atoms in total. The first-order valence-corrected chi connectivity index (χ1v) is 14.9. The van der Waals surface area contributed by atoms with Crippen LogP contribution in [0.4, 0.5) is 10.5 Å². The number of alkyl carbamates (subject to hydrolysis) is 1. The van der Waals surface area contributed by atoms with Gasteiger partial charge >= 0.3 is 6.09 Å². The van der Waals surface area contributed by atoms with Crippen LogP contribution < -0.4 is 16.4 Å². The van der Waals surface area contributed by atoms with Crippen LogP contribution in [0.5, 0.6) is 0 Å². The quantitative estimate of drug-likeness (QED) is 0.227. The zero-order valence-electron chi connectivity index (χ0n) is 25.6. The third kappa shape index (κ3) is 10.7. The van der Waals surface area contributed by atoms with E-state index in [1.54, 1.807) is 32.9 Å². The average Bonchev–Trinajstić information content (AvgIpc) is 2.90. The SMILES string of the molecule is CCCCCCN(C(=O)C(CC(N)=O)NC(=O)OC(C)(C)C)C(C(=O)Nc1c(C)cccc1Cl)c1ccc(CC)cc1. The van der Waals surface area contributed by atoms with Gasteiger partial charge in [-0.15, -0.1) is 0 Å². The van der Waals surface area contributed by atoms with Crippen LogP contribution in [-0.4, -0.2) is 46.9 Å². The summed E-state index contributed by atoms with van der Waals surface area (Å²) < 4.78 is 5.35. The number of halogens is 1. The summed E-state index contributed by atoms with van der Waals surface area (Å²) in [7, 11) is 0. The molecule has 4 amide bonds. The normalized spacial score (nSPS) is 12.6. The third-order valence-corrected chi connectivity index (χ3v) is 6.98. The number of nitrogens with zero attached hydrogens (tertiary/aromatic N) is 1. The van der Waals surface area contributed by atoms with Crippen molar-refractivity contribution in [1.29, 1.82) is 0 Å². The molecule has 0 fully saturated rings. The lowest BCUT2D eigenvalue weighted by Gasteiger charge is -2.34. The van der Waals surface area contributed by atoms with E-state index in [1.165, 1.54) is 4.90 Å². The van der Waals surface area contributed by atoms with E-state index < -0.39 is 47.9 Å². The zero-order chi connectivity index (χ0) is 31.4. The maximum atomic E-state index is 14.2. The second-order valence-corrected chi connectivity index (χ2v) is 11.8. The van der Waals surface area contributed by atoms with Crippen LogP contribution in [-0.2, 0) is 25.5 Å². The van der Waals surface area contributed by atoms with Crippen molar-refractivity contribution in [3.8, 4) is 0 Å². The van der Waals surface area contributed by atoms with Crippen molar-refractivity contribution in [3.05, 3.63) is 64.2 Å². The first kappa shape index (κ1) is 34.6. The fourth-order valence-electron chi connectivity index (χ4n) is 4.52. The second kappa shape index (κ2) is 16.2. The standard InChI is InChI=1S/C32H45ClN4O5/c1-7-9-10-11-19-37(30(40)25(20-26(34)38)35-31(41)42-32(4,5)6)28(23-17-15-22(8-2)16-18-23)29(39)36-27-21(3)13-12-14-24(27)33/h12-18,25,28H,7-11,19-20H2,1-6H3,(H2,34,38)(H,35,41)(H,36,39). The predicted octanol–water partition coefficient (Wildman–Crippen LogP) is 6.07. The number of unbranched alkanes of at least 4 members (excludes halogenated alkanes) is 3. The molecular weight excluding hydrogens is 556 g/mol. The Morgan fingerprint density at radius 3 is 2.21 bits per heavy atom. The van der Waals surface area contributed by atoms with E-state index in [1.807, 2.05) is 44.2 Å². The molecule has 2 unspecified atom stereocenters. The third-order valence-electron chi connectivity index (χ3n) is 6.66. The van der Waals surface area contributed by atoms with Gasteiger partial charge in [-0.25, -0.2) is 4.79 Å². The molecule has 2 rings (SSSR count). The minimum Gasteiger partial charge on any atom is -0.444 e. The predicted molar refractivity (Wildman–Crippen MR) is 166 cm³/mol. The molecule has 0 saturated carbocycles. The molecule has 0 saturated heterocycles. The van der Waals surface area contributed by atoms with Crippen molar-refractivity contribution in [2.24, 2.45) is 5.73 Å². The highest BCUT2D eigenvalue weighted by atomic mass is 35.5. The smallest absolute Gasteiger partial charge is 0.408 e. The number of ether oxygens (including phenoxy) is 1. The van der Waals surface area contributed by atoms with Crippen molar-refractivity contribution in [1.82, 2.24) is 10.2 Å². The number of carbonyl (C=O) groups is 4. The van der Waals surface area contributed by atoms with Gasteiger partial charge < -0.3 is 26.0 Å². The minimum atomic E-state index is -1.34. The number of amides is 4. The molecule has 0 aromatic heterocycles. The summed E-state index contributed by atoms with van der Waals surface area (Å²) in [5.41, 5.74) is 7.51. The lowest BCUT2D eigenvalue weighted by Crippen LogP contribution is -2.53. The highest BCUT2D eigenvalue weighted by Gasteiger charge is 2.37. The Hall–Kier alpha value is -3.59. The van der Waals surface area contributed by atoms with Crippen LogP contribution in [0, 0.1) is 6.92 Å². The first-order valence-electron chi connectivity index (χ1n) is 14.5. The summed E-state index contributed by atoms with van der Waals surface area (Å²) in [6.07, 6.45) is 2.83. The molecular formula is C32H45ClN4O5. The van der Waals surface area contributed by atoms with E-state index >= 15 is 0 Å². The van der Waals surface area contributed by atoms with Crippen molar-refractivity contribution in [3.63, 3.8) is 0 Å². The van der Waals surface area contributed by atoms with Crippen molar-refractivity contribution in [2.75, 3.05) is 11.9 Å². The number of nitrogens with one attached hydrogen (secondary N) is 2. The Balaban J connectivity index is 2.60. The molecule has 0 radical (unpaired) electrons. The fourth-order valence-corrected chi connectivity index (χ4v) is 4.79. The van der Waals surface area contributed by atoms with Gasteiger partial charge in [-0.2, -0.15) is 0 Å². The molecule has 0 heterocycles. The van der Waals surface area contributed by atoms with Crippen LogP contribution in [0.1, 0.15) is 89.5 Å².